The van der Waals surface area contributed by atoms with Crippen LogP contribution in [0.1, 0.15) is 5.56 Å². The Kier molecular flexibility index (Phi) is 1.81. The third-order valence-electron chi connectivity index (χ3n) is 1.08. The van der Waals surface area contributed by atoms with Crippen LogP contribution in [0.3, 0.4) is 0 Å². The lowest BCUT2D eigenvalue weighted by Gasteiger charge is -1.89. The van der Waals surface area contributed by atoms with E-state index in [0.717, 1.165) is 5.56 Å². The van der Waals surface area contributed by atoms with Crippen LogP contribution in [0.4, 0.5) is 0 Å². The fourth-order valence-corrected chi connectivity index (χ4v) is 0.628. The first-order valence-electron chi connectivity index (χ1n) is 2.83. The molecule has 0 aliphatic heterocycles. The van der Waals surface area contributed by atoms with Crippen molar-refractivity contribution in [1.29, 1.82) is 0 Å². The van der Waals surface area contributed by atoms with E-state index in [1.807, 2.05) is 0 Å². The molecular formula is C8H7NO. The van der Waals surface area contributed by atoms with Crippen molar-refractivity contribution in [2.24, 2.45) is 5.73 Å². The van der Waals surface area contributed by atoms with Crippen LogP contribution in [-0.2, 0) is 0 Å². The average Bonchev–Trinajstić information content (AvgIpc) is 1.95. The topological polar surface area (TPSA) is 46.2 Å². The van der Waals surface area contributed by atoms with Gasteiger partial charge < -0.3 is 10.8 Å². The summed E-state index contributed by atoms with van der Waals surface area (Å²) in [7, 11) is 0. The van der Waals surface area contributed by atoms with Crippen molar-refractivity contribution in [3.63, 3.8) is 0 Å². The van der Waals surface area contributed by atoms with Gasteiger partial charge in [-0.15, -0.1) is 0 Å². The minimum atomic E-state index is 0.238. The van der Waals surface area contributed by atoms with Gasteiger partial charge in [-0.2, -0.15) is 0 Å². The molecule has 1 rings (SSSR count). The van der Waals surface area contributed by atoms with E-state index >= 15 is 0 Å². The maximum atomic E-state index is 8.85. The molecule has 10 heavy (non-hydrogen) atoms. The van der Waals surface area contributed by atoms with Crippen LogP contribution in [-0.4, -0.2) is 5.11 Å². The third kappa shape index (κ3) is 1.43. The van der Waals surface area contributed by atoms with Gasteiger partial charge in [0.25, 0.3) is 0 Å². The summed E-state index contributed by atoms with van der Waals surface area (Å²) < 4.78 is 0. The summed E-state index contributed by atoms with van der Waals surface area (Å²) >= 11 is 0. The van der Waals surface area contributed by atoms with Gasteiger partial charge in [-0.25, -0.2) is 0 Å². The van der Waals surface area contributed by atoms with Gasteiger partial charge in [0.05, 0.1) is 0 Å². The van der Waals surface area contributed by atoms with E-state index in [1.165, 1.54) is 0 Å². The SMILES string of the molecule is NC#Cc1ccc(O)cc1. The molecule has 0 aliphatic carbocycles. The molecule has 0 amide bonds. The van der Waals surface area contributed by atoms with E-state index in [1.54, 1.807) is 24.3 Å². The fourth-order valence-electron chi connectivity index (χ4n) is 0.628. The molecule has 0 radical (unpaired) electrons. The highest BCUT2D eigenvalue weighted by molar-refractivity contribution is 5.37. The third-order valence-corrected chi connectivity index (χ3v) is 1.08. The molecule has 0 heterocycles. The Morgan fingerprint density at radius 1 is 1.20 bits per heavy atom. The molecule has 0 saturated carbocycles. The van der Waals surface area contributed by atoms with Crippen LogP contribution in [0.2, 0.25) is 0 Å². The van der Waals surface area contributed by atoms with E-state index in [9.17, 15) is 0 Å². The van der Waals surface area contributed by atoms with Gasteiger partial charge >= 0.3 is 0 Å². The molecule has 0 unspecified atom stereocenters. The molecule has 3 N–H and O–H groups in total. The summed E-state index contributed by atoms with van der Waals surface area (Å²) in [4.78, 5) is 0. The van der Waals surface area contributed by atoms with Crippen LogP contribution < -0.4 is 5.73 Å². The summed E-state index contributed by atoms with van der Waals surface area (Å²) in [6.45, 7) is 0. The number of phenolic OH excluding ortho intramolecular Hbond substituents is 1. The number of benzene rings is 1. The monoisotopic (exact) mass is 133 g/mol. The Hall–Kier alpha value is -1.62. The van der Waals surface area contributed by atoms with Crippen molar-refractivity contribution in [3.8, 4) is 17.7 Å². The molecule has 1 aromatic carbocycles. The molecule has 0 saturated heterocycles. The molecule has 0 aliphatic rings. The van der Waals surface area contributed by atoms with Crippen molar-refractivity contribution in [1.82, 2.24) is 0 Å². The van der Waals surface area contributed by atoms with Gasteiger partial charge in [0, 0.05) is 11.6 Å². The highest BCUT2D eigenvalue weighted by Gasteiger charge is 1.85. The number of rotatable bonds is 0. The highest BCUT2D eigenvalue weighted by atomic mass is 16.3. The van der Waals surface area contributed by atoms with Crippen LogP contribution in [0.25, 0.3) is 0 Å². The molecule has 0 spiro atoms. The smallest absolute Gasteiger partial charge is 0.115 e. The highest BCUT2D eigenvalue weighted by Crippen LogP contribution is 2.07. The maximum absolute atomic E-state index is 8.85. The van der Waals surface area contributed by atoms with E-state index in [-0.39, 0.29) is 5.75 Å². The number of hydrogen-bond donors (Lipinski definition) is 2. The van der Waals surface area contributed by atoms with E-state index in [2.05, 4.69) is 12.0 Å². The summed E-state index contributed by atoms with van der Waals surface area (Å²) in [5.41, 5.74) is 5.78. The van der Waals surface area contributed by atoms with Crippen LogP contribution in [0.5, 0.6) is 5.75 Å². The van der Waals surface area contributed by atoms with Gasteiger partial charge in [-0.3, -0.25) is 0 Å². The molecule has 2 nitrogen and oxygen atoms in total. The van der Waals surface area contributed by atoms with Gasteiger partial charge in [-0.1, -0.05) is 0 Å². The van der Waals surface area contributed by atoms with Crippen LogP contribution >= 0.6 is 0 Å². The molecule has 50 valence electrons. The molecule has 1 aromatic rings. The van der Waals surface area contributed by atoms with Crippen LogP contribution in [0, 0.1) is 12.0 Å². The first-order chi connectivity index (χ1) is 4.83. The molecule has 2 heteroatoms. The Balaban J connectivity index is 2.97. The number of nitrogens with two attached hydrogens (primary N) is 1. The number of hydrogen-bond acceptors (Lipinski definition) is 2. The molecule has 0 atom stereocenters. The van der Waals surface area contributed by atoms with Crippen molar-refractivity contribution < 1.29 is 5.11 Å². The first kappa shape index (κ1) is 6.50. The predicted octanol–water partition coefficient (Wildman–Crippen LogP) is 0.660. The maximum Gasteiger partial charge on any atom is 0.115 e. The van der Waals surface area contributed by atoms with Gasteiger partial charge in [-0.05, 0) is 30.2 Å². The average molecular weight is 133 g/mol. The van der Waals surface area contributed by atoms with Gasteiger partial charge in [0.1, 0.15) is 5.75 Å². The minimum absolute atomic E-state index is 0.238. The second-order valence-electron chi connectivity index (χ2n) is 1.82. The Labute approximate surface area is 59.3 Å². The standard InChI is InChI=1S/C8H7NO/c9-6-5-7-1-3-8(10)4-2-7/h1-4,10H,9H2. The normalized spacial score (nSPS) is 8.00. The summed E-state index contributed by atoms with van der Waals surface area (Å²) in [6, 6.07) is 8.82. The lowest BCUT2D eigenvalue weighted by Crippen LogP contribution is -1.78. The van der Waals surface area contributed by atoms with Crippen molar-refractivity contribution in [3.05, 3.63) is 29.8 Å². The Morgan fingerprint density at radius 3 is 2.30 bits per heavy atom. The lowest BCUT2D eigenvalue weighted by atomic mass is 10.2. The largest absolute Gasteiger partial charge is 0.508 e. The predicted molar refractivity (Wildman–Crippen MR) is 39.2 cm³/mol. The van der Waals surface area contributed by atoms with Gasteiger partial charge in [0.2, 0.25) is 0 Å². The second-order valence-corrected chi connectivity index (χ2v) is 1.82. The zero-order valence-electron chi connectivity index (χ0n) is 5.33. The van der Waals surface area contributed by atoms with Crippen LogP contribution in [0.15, 0.2) is 24.3 Å². The fraction of sp³-hybridized carbons (Fsp3) is 0. The van der Waals surface area contributed by atoms with Crippen molar-refractivity contribution >= 4 is 0 Å². The Bertz CT molecular complexity index is 266. The van der Waals surface area contributed by atoms with Crippen molar-refractivity contribution in [2.45, 2.75) is 0 Å². The van der Waals surface area contributed by atoms with E-state index in [0.29, 0.717) is 0 Å². The lowest BCUT2D eigenvalue weighted by molar-refractivity contribution is 0.475. The molecule has 0 fully saturated rings. The summed E-state index contributed by atoms with van der Waals surface area (Å²) in [5, 5.41) is 8.85. The van der Waals surface area contributed by atoms with E-state index < -0.39 is 0 Å². The van der Waals surface area contributed by atoms with Crippen molar-refractivity contribution in [2.75, 3.05) is 0 Å². The second kappa shape index (κ2) is 2.79. The first-order valence-corrected chi connectivity index (χ1v) is 2.83. The molecular weight excluding hydrogens is 126 g/mol. The van der Waals surface area contributed by atoms with Gasteiger partial charge in [0.15, 0.2) is 0 Å². The zero-order chi connectivity index (χ0) is 7.40. The summed E-state index contributed by atoms with van der Waals surface area (Å²) in [5.74, 6) is 2.89. The summed E-state index contributed by atoms with van der Waals surface area (Å²) in [6.07, 6.45) is 0. The van der Waals surface area contributed by atoms with E-state index in [4.69, 9.17) is 10.8 Å². The molecule has 0 bridgehead atoms. The zero-order valence-corrected chi connectivity index (χ0v) is 5.33. The molecule has 0 aromatic heterocycles. The Morgan fingerprint density at radius 2 is 1.80 bits per heavy atom. The minimum Gasteiger partial charge on any atom is -0.508 e. The quantitative estimate of drug-likeness (QED) is 0.403. The number of phenols is 1. The number of aromatic hydroxyl groups is 1.